The molecule has 2 aromatic carbocycles. The van der Waals surface area contributed by atoms with Crippen molar-refractivity contribution in [2.75, 3.05) is 0 Å². The molecule has 1 unspecified atom stereocenters. The third-order valence-corrected chi connectivity index (χ3v) is 2.99. The van der Waals surface area contributed by atoms with Gasteiger partial charge in [-0.05, 0) is 42.8 Å². The minimum absolute atomic E-state index is 0.0494. The van der Waals surface area contributed by atoms with Crippen molar-refractivity contribution >= 4 is 5.78 Å². The number of benzene rings is 2. The Labute approximate surface area is 120 Å². The van der Waals surface area contributed by atoms with Crippen LogP contribution in [0.5, 0.6) is 5.75 Å². The van der Waals surface area contributed by atoms with Gasteiger partial charge in [0, 0.05) is 5.56 Å². The highest BCUT2D eigenvalue weighted by molar-refractivity contribution is 5.99. The lowest BCUT2D eigenvalue weighted by atomic mass is 10.1. The number of rotatable bonds is 5. The normalized spacial score (nSPS) is 12.0. The van der Waals surface area contributed by atoms with Crippen LogP contribution in [0.2, 0.25) is 0 Å². The Hall–Kier alpha value is -2.27. The van der Waals surface area contributed by atoms with Crippen LogP contribution in [-0.4, -0.2) is 17.0 Å². The van der Waals surface area contributed by atoms with Crippen LogP contribution in [0.1, 0.15) is 22.8 Å². The summed E-state index contributed by atoms with van der Waals surface area (Å²) in [5, 5.41) is 8.93. The van der Waals surface area contributed by atoms with Gasteiger partial charge in [-0.2, -0.15) is 0 Å². The van der Waals surface area contributed by atoms with Crippen LogP contribution in [0.4, 0.5) is 8.78 Å². The maximum absolute atomic E-state index is 13.1. The van der Waals surface area contributed by atoms with Gasteiger partial charge in [-0.1, -0.05) is 12.1 Å². The number of carbonyl (C=O) groups is 1. The predicted octanol–water partition coefficient (Wildman–Crippen LogP) is 3.11. The van der Waals surface area contributed by atoms with Crippen molar-refractivity contribution < 1.29 is 23.4 Å². The molecule has 21 heavy (non-hydrogen) atoms. The third kappa shape index (κ3) is 3.64. The number of carbonyl (C=O) groups excluding carboxylic acids is 1. The lowest BCUT2D eigenvalue weighted by Crippen LogP contribution is -2.24. The fourth-order valence-corrected chi connectivity index (χ4v) is 1.82. The topological polar surface area (TPSA) is 46.5 Å². The van der Waals surface area contributed by atoms with Crippen LogP contribution in [-0.2, 0) is 6.61 Å². The molecule has 2 aromatic rings. The Kier molecular flexibility index (Phi) is 4.65. The molecule has 0 fully saturated rings. The highest BCUT2D eigenvalue weighted by Crippen LogP contribution is 2.17. The highest BCUT2D eigenvalue weighted by atomic mass is 19.2. The molecular weight excluding hydrogens is 278 g/mol. The van der Waals surface area contributed by atoms with E-state index < -0.39 is 23.5 Å². The van der Waals surface area contributed by atoms with E-state index in [0.29, 0.717) is 5.75 Å². The number of aliphatic hydroxyl groups is 1. The second-order valence-electron chi connectivity index (χ2n) is 4.56. The number of ketones is 1. The maximum atomic E-state index is 13.1. The first-order valence-corrected chi connectivity index (χ1v) is 6.37. The lowest BCUT2D eigenvalue weighted by Gasteiger charge is -2.14. The summed E-state index contributed by atoms with van der Waals surface area (Å²) in [5.74, 6) is -2.06. The summed E-state index contributed by atoms with van der Waals surface area (Å²) >= 11 is 0. The standard InChI is InChI=1S/C16H14F2O3/c1-10(21-13-5-2-11(9-19)3-6-13)16(20)12-4-7-14(17)15(18)8-12/h2-8,10,19H,9H2,1H3. The molecule has 5 heteroatoms. The van der Waals surface area contributed by atoms with Gasteiger partial charge in [-0.25, -0.2) is 8.78 Å². The highest BCUT2D eigenvalue weighted by Gasteiger charge is 2.18. The Morgan fingerprint density at radius 2 is 1.81 bits per heavy atom. The average molecular weight is 292 g/mol. The number of Topliss-reactive ketones (excluding diaryl/α,β-unsaturated/α-hetero) is 1. The van der Waals surface area contributed by atoms with Crippen LogP contribution < -0.4 is 4.74 Å². The van der Waals surface area contributed by atoms with Crippen molar-refractivity contribution in [2.45, 2.75) is 19.6 Å². The molecule has 0 aromatic heterocycles. The molecule has 110 valence electrons. The average Bonchev–Trinajstić information content (AvgIpc) is 2.50. The van der Waals surface area contributed by atoms with Crippen LogP contribution >= 0.6 is 0 Å². The molecule has 1 N–H and O–H groups in total. The smallest absolute Gasteiger partial charge is 0.203 e. The van der Waals surface area contributed by atoms with Gasteiger partial charge in [0.1, 0.15) is 5.75 Å². The molecule has 0 aliphatic carbocycles. The zero-order valence-corrected chi connectivity index (χ0v) is 11.3. The summed E-state index contributed by atoms with van der Waals surface area (Å²) in [4.78, 5) is 12.1. The van der Waals surface area contributed by atoms with E-state index in [-0.39, 0.29) is 12.2 Å². The first kappa shape index (κ1) is 15.1. The van der Waals surface area contributed by atoms with Crippen molar-refractivity contribution in [1.29, 1.82) is 0 Å². The molecule has 0 aliphatic heterocycles. The number of halogens is 2. The minimum atomic E-state index is -1.07. The van der Waals surface area contributed by atoms with E-state index in [1.165, 1.54) is 13.0 Å². The van der Waals surface area contributed by atoms with E-state index in [9.17, 15) is 13.6 Å². The number of hydrogen-bond acceptors (Lipinski definition) is 3. The second-order valence-corrected chi connectivity index (χ2v) is 4.56. The Morgan fingerprint density at radius 1 is 1.14 bits per heavy atom. The Balaban J connectivity index is 2.09. The Morgan fingerprint density at radius 3 is 2.38 bits per heavy atom. The first-order chi connectivity index (χ1) is 10.0. The molecular formula is C16H14F2O3. The summed E-state index contributed by atoms with van der Waals surface area (Å²) in [7, 11) is 0. The van der Waals surface area contributed by atoms with Gasteiger partial charge in [-0.3, -0.25) is 4.79 Å². The van der Waals surface area contributed by atoms with Crippen LogP contribution in [0.3, 0.4) is 0 Å². The molecule has 0 spiro atoms. The van der Waals surface area contributed by atoms with Crippen molar-refractivity contribution in [3.8, 4) is 5.75 Å². The SMILES string of the molecule is CC(Oc1ccc(CO)cc1)C(=O)c1ccc(F)c(F)c1. The summed E-state index contributed by atoms with van der Waals surface area (Å²) in [6.45, 7) is 1.45. The third-order valence-electron chi connectivity index (χ3n) is 2.99. The zero-order valence-electron chi connectivity index (χ0n) is 11.3. The molecule has 1 atom stereocenters. The van der Waals surface area contributed by atoms with Gasteiger partial charge in [-0.15, -0.1) is 0 Å². The molecule has 0 saturated carbocycles. The van der Waals surface area contributed by atoms with E-state index in [2.05, 4.69) is 0 Å². The number of ether oxygens (including phenoxy) is 1. The van der Waals surface area contributed by atoms with E-state index in [1.807, 2.05) is 0 Å². The summed E-state index contributed by atoms with van der Waals surface area (Å²) < 4.78 is 31.4. The van der Waals surface area contributed by atoms with Crippen molar-refractivity contribution in [3.05, 3.63) is 65.2 Å². The van der Waals surface area contributed by atoms with E-state index >= 15 is 0 Å². The van der Waals surface area contributed by atoms with Crippen molar-refractivity contribution in [2.24, 2.45) is 0 Å². The van der Waals surface area contributed by atoms with Gasteiger partial charge >= 0.3 is 0 Å². The monoisotopic (exact) mass is 292 g/mol. The summed E-state index contributed by atoms with van der Waals surface area (Å²) in [6, 6.07) is 9.57. The summed E-state index contributed by atoms with van der Waals surface area (Å²) in [6.07, 6.45) is -0.838. The largest absolute Gasteiger partial charge is 0.483 e. The second kappa shape index (κ2) is 6.45. The van der Waals surface area contributed by atoms with E-state index in [0.717, 1.165) is 17.7 Å². The number of aliphatic hydroxyl groups excluding tert-OH is 1. The minimum Gasteiger partial charge on any atom is -0.483 e. The lowest BCUT2D eigenvalue weighted by molar-refractivity contribution is 0.0817. The van der Waals surface area contributed by atoms with Gasteiger partial charge in [0.2, 0.25) is 5.78 Å². The van der Waals surface area contributed by atoms with Crippen LogP contribution in [0.15, 0.2) is 42.5 Å². The van der Waals surface area contributed by atoms with Crippen molar-refractivity contribution in [1.82, 2.24) is 0 Å². The van der Waals surface area contributed by atoms with Crippen molar-refractivity contribution in [3.63, 3.8) is 0 Å². The molecule has 0 radical (unpaired) electrons. The molecule has 2 rings (SSSR count). The first-order valence-electron chi connectivity index (χ1n) is 6.37. The molecule has 0 heterocycles. The molecule has 0 aliphatic rings. The van der Waals surface area contributed by atoms with Crippen LogP contribution in [0, 0.1) is 11.6 Å². The molecule has 0 amide bonds. The van der Waals surface area contributed by atoms with Gasteiger partial charge in [0.15, 0.2) is 17.7 Å². The zero-order chi connectivity index (χ0) is 15.4. The van der Waals surface area contributed by atoms with E-state index in [4.69, 9.17) is 9.84 Å². The quantitative estimate of drug-likeness (QED) is 0.861. The fraction of sp³-hybridized carbons (Fsp3) is 0.188. The number of hydrogen-bond donors (Lipinski definition) is 1. The fourth-order valence-electron chi connectivity index (χ4n) is 1.82. The Bertz CT molecular complexity index is 638. The summed E-state index contributed by atoms with van der Waals surface area (Å²) in [5.41, 5.74) is 0.773. The maximum Gasteiger partial charge on any atom is 0.203 e. The van der Waals surface area contributed by atoms with Gasteiger partial charge in [0.25, 0.3) is 0 Å². The molecule has 3 nitrogen and oxygen atoms in total. The molecule has 0 saturated heterocycles. The van der Waals surface area contributed by atoms with Gasteiger partial charge < -0.3 is 9.84 Å². The predicted molar refractivity (Wildman–Crippen MR) is 73.1 cm³/mol. The van der Waals surface area contributed by atoms with Crippen LogP contribution in [0.25, 0.3) is 0 Å². The molecule has 0 bridgehead atoms. The van der Waals surface area contributed by atoms with E-state index in [1.54, 1.807) is 24.3 Å². The van der Waals surface area contributed by atoms with Gasteiger partial charge in [0.05, 0.1) is 6.61 Å².